The van der Waals surface area contributed by atoms with E-state index in [2.05, 4.69) is 16.0 Å². The Bertz CT molecular complexity index is 1070. The molecule has 1 aliphatic carbocycles. The van der Waals surface area contributed by atoms with Gasteiger partial charge in [-0.1, -0.05) is 24.3 Å². The van der Waals surface area contributed by atoms with E-state index >= 15 is 0 Å². The van der Waals surface area contributed by atoms with E-state index in [-0.39, 0.29) is 18.6 Å². The van der Waals surface area contributed by atoms with Gasteiger partial charge in [-0.3, -0.25) is 4.79 Å². The topological polar surface area (TPSA) is 97.4 Å². The van der Waals surface area contributed by atoms with Crippen LogP contribution in [0.15, 0.2) is 48.5 Å². The fourth-order valence-corrected chi connectivity index (χ4v) is 4.24. The van der Waals surface area contributed by atoms with E-state index in [1.807, 2.05) is 48.5 Å². The summed E-state index contributed by atoms with van der Waals surface area (Å²) in [5.74, 6) is 2.46. The predicted molar refractivity (Wildman–Crippen MR) is 130 cm³/mol. The van der Waals surface area contributed by atoms with Crippen LogP contribution in [0.4, 0.5) is 17.5 Å². The monoisotopic (exact) mass is 449 g/mol. The van der Waals surface area contributed by atoms with Crippen molar-refractivity contribution in [2.75, 3.05) is 38.0 Å². The highest BCUT2D eigenvalue weighted by atomic mass is 16.5. The van der Waals surface area contributed by atoms with Gasteiger partial charge in [0.05, 0.1) is 7.11 Å². The Hall–Kier alpha value is -3.39. The van der Waals surface area contributed by atoms with E-state index in [9.17, 15) is 4.79 Å². The maximum Gasteiger partial charge on any atom is 0.245 e. The van der Waals surface area contributed by atoms with Crippen LogP contribution in [0.5, 0.6) is 5.75 Å². The lowest BCUT2D eigenvalue weighted by Gasteiger charge is -2.29. The number of rotatable bonds is 9. The quantitative estimate of drug-likeness (QED) is 0.452. The summed E-state index contributed by atoms with van der Waals surface area (Å²) in [4.78, 5) is 21.2. The van der Waals surface area contributed by atoms with E-state index in [4.69, 9.17) is 19.4 Å². The number of methoxy groups -OCH3 is 2. The summed E-state index contributed by atoms with van der Waals surface area (Å²) >= 11 is 0. The van der Waals surface area contributed by atoms with Crippen molar-refractivity contribution >= 4 is 34.3 Å². The number of aromatic nitrogens is 2. The third-order valence-electron chi connectivity index (χ3n) is 5.99. The molecule has 0 radical (unpaired) electrons. The number of carbonyl (C=O) groups is 1. The van der Waals surface area contributed by atoms with E-state index in [1.54, 1.807) is 7.11 Å². The molecule has 8 nitrogen and oxygen atoms in total. The molecule has 0 saturated heterocycles. The average molecular weight is 450 g/mol. The zero-order chi connectivity index (χ0) is 23.0. The predicted octanol–water partition coefficient (Wildman–Crippen LogP) is 4.12. The zero-order valence-corrected chi connectivity index (χ0v) is 19.1. The molecule has 174 valence electrons. The van der Waals surface area contributed by atoms with Crippen molar-refractivity contribution < 1.29 is 14.3 Å². The van der Waals surface area contributed by atoms with Crippen molar-refractivity contribution in [3.05, 3.63) is 48.5 Å². The summed E-state index contributed by atoms with van der Waals surface area (Å²) in [5, 5.41) is 10.8. The molecule has 8 heteroatoms. The smallest absolute Gasteiger partial charge is 0.245 e. The van der Waals surface area contributed by atoms with Crippen LogP contribution in [0, 0.1) is 5.92 Å². The molecule has 2 aromatic carbocycles. The summed E-state index contributed by atoms with van der Waals surface area (Å²) < 4.78 is 10.4. The first-order valence-electron chi connectivity index (χ1n) is 11.3. The lowest BCUT2D eigenvalue weighted by atomic mass is 9.86. The number of benzene rings is 2. The minimum absolute atomic E-state index is 0.0605. The Morgan fingerprint density at radius 2 is 1.79 bits per heavy atom. The largest absolute Gasteiger partial charge is 0.494 e. The first-order valence-corrected chi connectivity index (χ1v) is 11.3. The van der Waals surface area contributed by atoms with Crippen molar-refractivity contribution in [1.29, 1.82) is 0 Å². The lowest BCUT2D eigenvalue weighted by Crippen LogP contribution is -2.35. The maximum absolute atomic E-state index is 11.6. The van der Waals surface area contributed by atoms with Gasteiger partial charge in [0.1, 0.15) is 23.7 Å². The van der Waals surface area contributed by atoms with Crippen LogP contribution in [-0.4, -0.2) is 49.3 Å². The van der Waals surface area contributed by atoms with Crippen LogP contribution in [0.2, 0.25) is 0 Å². The molecule has 0 atom stereocenters. The number of hydrogen-bond donors (Lipinski definition) is 3. The van der Waals surface area contributed by atoms with Gasteiger partial charge in [0.25, 0.3) is 0 Å². The fraction of sp³-hybridized carbons (Fsp3) is 0.400. The van der Waals surface area contributed by atoms with Gasteiger partial charge in [0.2, 0.25) is 11.9 Å². The first-order chi connectivity index (χ1) is 16.2. The lowest BCUT2D eigenvalue weighted by molar-refractivity contribution is -0.124. The van der Waals surface area contributed by atoms with Gasteiger partial charge in [-0.25, -0.2) is 4.98 Å². The van der Waals surface area contributed by atoms with Crippen LogP contribution in [-0.2, 0) is 9.53 Å². The third-order valence-corrected chi connectivity index (χ3v) is 5.99. The van der Waals surface area contributed by atoms with Gasteiger partial charge < -0.3 is 25.4 Å². The minimum atomic E-state index is -0.0605. The van der Waals surface area contributed by atoms with Gasteiger partial charge in [-0.2, -0.15) is 4.98 Å². The standard InChI is InChI=1S/C25H31N5O3/c1-32-16-22(31)26-15-17-11-13-19(14-12-17)28-25-29-23-20(9-6-10-21(23)33-2)24(30-25)27-18-7-4-3-5-8-18/h3-10,17,19H,11-16H2,1-2H3,(H,26,31)(H2,27,28,29,30). The molecule has 1 fully saturated rings. The van der Waals surface area contributed by atoms with Crippen molar-refractivity contribution in [2.24, 2.45) is 5.92 Å². The number of nitrogens with one attached hydrogen (secondary N) is 3. The molecule has 3 aromatic rings. The number of ether oxygens (including phenoxy) is 2. The first kappa shape index (κ1) is 22.8. The van der Waals surface area contributed by atoms with Crippen molar-refractivity contribution in [3.63, 3.8) is 0 Å². The van der Waals surface area contributed by atoms with Crippen LogP contribution in [0.1, 0.15) is 25.7 Å². The summed E-state index contributed by atoms with van der Waals surface area (Å²) in [6.07, 6.45) is 4.08. The molecule has 0 bridgehead atoms. The molecule has 1 amide bonds. The molecule has 1 aliphatic rings. The number of anilines is 3. The molecule has 3 N–H and O–H groups in total. The number of amides is 1. The van der Waals surface area contributed by atoms with Gasteiger partial charge in [-0.05, 0) is 55.9 Å². The van der Waals surface area contributed by atoms with Gasteiger partial charge in [0.15, 0.2) is 0 Å². The molecular formula is C25H31N5O3. The van der Waals surface area contributed by atoms with Crippen LogP contribution >= 0.6 is 0 Å². The van der Waals surface area contributed by atoms with E-state index in [1.165, 1.54) is 7.11 Å². The molecule has 0 spiro atoms. The highest BCUT2D eigenvalue weighted by Gasteiger charge is 2.23. The summed E-state index contributed by atoms with van der Waals surface area (Å²) in [6.45, 7) is 0.808. The summed E-state index contributed by atoms with van der Waals surface area (Å²) in [7, 11) is 3.18. The molecule has 1 saturated carbocycles. The fourth-order valence-electron chi connectivity index (χ4n) is 4.24. The number of fused-ring (bicyclic) bond motifs is 1. The summed E-state index contributed by atoms with van der Waals surface area (Å²) in [5.41, 5.74) is 1.73. The number of para-hydroxylation sites is 2. The van der Waals surface area contributed by atoms with E-state index in [0.29, 0.717) is 24.2 Å². The normalized spacial score (nSPS) is 18.0. The number of carbonyl (C=O) groups excluding carboxylic acids is 1. The molecule has 1 heterocycles. The molecule has 33 heavy (non-hydrogen) atoms. The molecule has 4 rings (SSSR count). The maximum atomic E-state index is 11.6. The van der Waals surface area contributed by atoms with Crippen LogP contribution in [0.3, 0.4) is 0 Å². The third kappa shape index (κ3) is 5.90. The Morgan fingerprint density at radius 3 is 2.52 bits per heavy atom. The van der Waals surface area contributed by atoms with Crippen molar-refractivity contribution in [3.8, 4) is 5.75 Å². The van der Waals surface area contributed by atoms with Crippen molar-refractivity contribution in [2.45, 2.75) is 31.7 Å². The van der Waals surface area contributed by atoms with Crippen LogP contribution in [0.25, 0.3) is 10.9 Å². The minimum Gasteiger partial charge on any atom is -0.494 e. The Balaban J connectivity index is 1.47. The second-order valence-electron chi connectivity index (χ2n) is 8.34. The Labute approximate surface area is 194 Å². The SMILES string of the molecule is COCC(=O)NCC1CCC(Nc2nc(Nc3ccccc3)c3cccc(OC)c3n2)CC1. The highest BCUT2D eigenvalue weighted by molar-refractivity contribution is 5.95. The number of nitrogens with zero attached hydrogens (tertiary/aromatic N) is 2. The second kappa shape index (κ2) is 11.0. The van der Waals surface area contributed by atoms with Crippen molar-refractivity contribution in [1.82, 2.24) is 15.3 Å². The highest BCUT2D eigenvalue weighted by Crippen LogP contribution is 2.32. The average Bonchev–Trinajstić information content (AvgIpc) is 2.84. The van der Waals surface area contributed by atoms with Gasteiger partial charge in [-0.15, -0.1) is 0 Å². The number of hydrogen-bond acceptors (Lipinski definition) is 7. The van der Waals surface area contributed by atoms with Gasteiger partial charge >= 0.3 is 0 Å². The van der Waals surface area contributed by atoms with E-state index < -0.39 is 0 Å². The molecular weight excluding hydrogens is 418 g/mol. The van der Waals surface area contributed by atoms with Gasteiger partial charge in [0, 0.05) is 30.8 Å². The molecule has 1 aromatic heterocycles. The zero-order valence-electron chi connectivity index (χ0n) is 19.1. The second-order valence-corrected chi connectivity index (χ2v) is 8.34. The van der Waals surface area contributed by atoms with E-state index in [0.717, 1.165) is 48.1 Å². The van der Waals surface area contributed by atoms with Crippen LogP contribution < -0.4 is 20.7 Å². The molecule has 0 unspecified atom stereocenters. The molecule has 0 aliphatic heterocycles. The Morgan fingerprint density at radius 1 is 1.00 bits per heavy atom. The summed E-state index contributed by atoms with van der Waals surface area (Å²) in [6, 6.07) is 16.1. The Kier molecular flexibility index (Phi) is 7.57.